The van der Waals surface area contributed by atoms with Gasteiger partial charge >= 0.3 is 0 Å². The summed E-state index contributed by atoms with van der Waals surface area (Å²) < 4.78 is 5.56. The van der Waals surface area contributed by atoms with Crippen LogP contribution in [-0.4, -0.2) is 52.7 Å². The molecule has 0 saturated carbocycles. The minimum absolute atomic E-state index is 0.121. The van der Waals surface area contributed by atoms with Gasteiger partial charge in [0.2, 0.25) is 0 Å². The largest absolute Gasteiger partial charge is 0.379 e. The van der Waals surface area contributed by atoms with Crippen LogP contribution < -0.4 is 5.32 Å². The van der Waals surface area contributed by atoms with E-state index >= 15 is 0 Å². The van der Waals surface area contributed by atoms with Crippen LogP contribution in [0.3, 0.4) is 0 Å². The summed E-state index contributed by atoms with van der Waals surface area (Å²) in [5.41, 5.74) is 3.85. The quantitative estimate of drug-likeness (QED) is 0.638. The Kier molecular flexibility index (Phi) is 6.57. The van der Waals surface area contributed by atoms with E-state index in [4.69, 9.17) is 21.3 Å². The number of anilines is 1. The number of nitrogens with one attached hydrogen (secondary N) is 1. The number of ether oxygens (including phenoxy) is 1. The summed E-state index contributed by atoms with van der Waals surface area (Å²) in [5, 5.41) is 4.35. The van der Waals surface area contributed by atoms with E-state index in [1.54, 1.807) is 6.20 Å². The predicted molar refractivity (Wildman–Crippen MR) is 120 cm³/mol. The van der Waals surface area contributed by atoms with Crippen molar-refractivity contribution in [2.75, 3.05) is 38.2 Å². The molecule has 3 aromatic rings. The number of morpholine rings is 1. The molecule has 1 aliphatic heterocycles. The molecule has 0 aliphatic carbocycles. The lowest BCUT2D eigenvalue weighted by Gasteiger charge is -2.35. The van der Waals surface area contributed by atoms with E-state index in [-0.39, 0.29) is 6.04 Å². The van der Waals surface area contributed by atoms with Crippen molar-refractivity contribution < 1.29 is 4.74 Å². The van der Waals surface area contributed by atoms with Crippen LogP contribution in [0, 0.1) is 13.8 Å². The van der Waals surface area contributed by atoms with Gasteiger partial charge in [-0.2, -0.15) is 0 Å². The van der Waals surface area contributed by atoms with E-state index in [0.717, 1.165) is 59.7 Å². The van der Waals surface area contributed by atoms with Gasteiger partial charge in [0.1, 0.15) is 11.5 Å². The van der Waals surface area contributed by atoms with E-state index < -0.39 is 0 Å². The topological polar surface area (TPSA) is 63.2 Å². The zero-order chi connectivity index (χ0) is 20.9. The number of nitrogens with zero attached hydrogens (tertiary/aromatic N) is 4. The molecule has 30 heavy (non-hydrogen) atoms. The molecule has 0 amide bonds. The summed E-state index contributed by atoms with van der Waals surface area (Å²) in [4.78, 5) is 16.2. The van der Waals surface area contributed by atoms with Crippen LogP contribution in [-0.2, 0) is 4.74 Å². The van der Waals surface area contributed by atoms with Crippen LogP contribution in [0.4, 0.5) is 5.82 Å². The van der Waals surface area contributed by atoms with E-state index in [1.807, 2.05) is 50.2 Å². The van der Waals surface area contributed by atoms with Gasteiger partial charge in [0.15, 0.2) is 5.82 Å². The standard InChI is InChI=1S/C23H26ClN5O/c1-16-17(2)27-23(20-9-5-6-10-25-20)28-22(16)26-15-21(29-11-13-30-14-12-29)18-7-3-4-8-19(18)24/h3-10,21H,11-15H2,1-2H3,(H,26,27,28). The first-order valence-electron chi connectivity index (χ1n) is 10.2. The molecule has 0 radical (unpaired) electrons. The second-order valence-electron chi connectivity index (χ2n) is 7.39. The lowest BCUT2D eigenvalue weighted by atomic mass is 10.0. The molecule has 1 N–H and O–H groups in total. The molecule has 6 nitrogen and oxygen atoms in total. The SMILES string of the molecule is Cc1nc(-c2ccccn2)nc(NCC(c2ccccc2Cl)N2CCOCC2)c1C. The van der Waals surface area contributed by atoms with E-state index in [0.29, 0.717) is 12.4 Å². The highest BCUT2D eigenvalue weighted by Crippen LogP contribution is 2.29. The first kappa shape index (κ1) is 20.7. The minimum atomic E-state index is 0.121. The molecule has 1 unspecified atom stereocenters. The number of aromatic nitrogens is 3. The molecule has 0 bridgehead atoms. The number of rotatable bonds is 6. The number of hydrogen-bond donors (Lipinski definition) is 1. The van der Waals surface area contributed by atoms with Gasteiger partial charge in [0.05, 0.1) is 19.3 Å². The molecular formula is C23H26ClN5O. The molecule has 1 fully saturated rings. The summed E-state index contributed by atoms with van der Waals surface area (Å²) in [6.07, 6.45) is 1.76. The fourth-order valence-corrected chi connectivity index (χ4v) is 3.94. The average molecular weight is 424 g/mol. The molecule has 7 heteroatoms. The van der Waals surface area contributed by atoms with Crippen molar-refractivity contribution in [3.63, 3.8) is 0 Å². The van der Waals surface area contributed by atoms with Gasteiger partial charge in [-0.15, -0.1) is 0 Å². The normalized spacial score (nSPS) is 15.7. The highest BCUT2D eigenvalue weighted by atomic mass is 35.5. The summed E-state index contributed by atoms with van der Waals surface area (Å²) in [6.45, 7) is 7.94. The molecule has 0 spiro atoms. The van der Waals surface area contributed by atoms with Gasteiger partial charge in [0.25, 0.3) is 0 Å². The third-order valence-electron chi connectivity index (χ3n) is 5.50. The van der Waals surface area contributed by atoms with Gasteiger partial charge in [-0.05, 0) is 37.6 Å². The summed E-state index contributed by atoms with van der Waals surface area (Å²) in [5.74, 6) is 1.45. The Labute approximate surface area is 182 Å². The van der Waals surface area contributed by atoms with Crippen LogP contribution >= 0.6 is 11.6 Å². The predicted octanol–water partition coefficient (Wildman–Crippen LogP) is 4.29. The van der Waals surface area contributed by atoms with E-state index in [9.17, 15) is 0 Å². The second kappa shape index (κ2) is 9.51. The van der Waals surface area contributed by atoms with Gasteiger partial charge in [-0.3, -0.25) is 9.88 Å². The third-order valence-corrected chi connectivity index (χ3v) is 5.84. The molecule has 1 saturated heterocycles. The zero-order valence-electron chi connectivity index (χ0n) is 17.3. The minimum Gasteiger partial charge on any atom is -0.379 e. The Morgan fingerprint density at radius 2 is 1.83 bits per heavy atom. The molecule has 1 aliphatic rings. The number of hydrogen-bond acceptors (Lipinski definition) is 6. The van der Waals surface area contributed by atoms with Crippen molar-refractivity contribution >= 4 is 17.4 Å². The Hall–Kier alpha value is -2.54. The lowest BCUT2D eigenvalue weighted by Crippen LogP contribution is -2.41. The highest BCUT2D eigenvalue weighted by Gasteiger charge is 2.25. The summed E-state index contributed by atoms with van der Waals surface area (Å²) >= 11 is 6.56. The molecular weight excluding hydrogens is 398 g/mol. The molecule has 1 aromatic carbocycles. The number of pyridine rings is 1. The Morgan fingerprint density at radius 3 is 2.57 bits per heavy atom. The Balaban J connectivity index is 1.62. The molecule has 3 heterocycles. The lowest BCUT2D eigenvalue weighted by molar-refractivity contribution is 0.0187. The van der Waals surface area contributed by atoms with Crippen LogP contribution in [0.15, 0.2) is 48.7 Å². The maximum atomic E-state index is 6.56. The van der Waals surface area contributed by atoms with Crippen molar-refractivity contribution in [3.8, 4) is 11.5 Å². The fourth-order valence-electron chi connectivity index (χ4n) is 3.67. The molecule has 156 valence electrons. The molecule has 2 aromatic heterocycles. The summed E-state index contributed by atoms with van der Waals surface area (Å²) in [6, 6.07) is 13.9. The van der Waals surface area contributed by atoms with Crippen molar-refractivity contribution in [2.45, 2.75) is 19.9 Å². The maximum absolute atomic E-state index is 6.56. The first-order valence-corrected chi connectivity index (χ1v) is 10.6. The number of aryl methyl sites for hydroxylation is 1. The van der Waals surface area contributed by atoms with Gasteiger partial charge in [-0.1, -0.05) is 35.9 Å². The third kappa shape index (κ3) is 4.61. The second-order valence-corrected chi connectivity index (χ2v) is 7.79. The van der Waals surface area contributed by atoms with Gasteiger partial charge in [-0.25, -0.2) is 9.97 Å². The van der Waals surface area contributed by atoms with Crippen molar-refractivity contribution in [1.82, 2.24) is 19.9 Å². The van der Waals surface area contributed by atoms with Gasteiger partial charge in [0, 0.05) is 42.1 Å². The Bertz CT molecular complexity index is 992. The molecule has 4 rings (SSSR count). The fraction of sp³-hybridized carbons (Fsp3) is 0.348. The van der Waals surface area contributed by atoms with Crippen LogP contribution in [0.25, 0.3) is 11.5 Å². The highest BCUT2D eigenvalue weighted by molar-refractivity contribution is 6.31. The van der Waals surface area contributed by atoms with Gasteiger partial charge < -0.3 is 10.1 Å². The zero-order valence-corrected chi connectivity index (χ0v) is 18.1. The van der Waals surface area contributed by atoms with Crippen molar-refractivity contribution in [2.24, 2.45) is 0 Å². The summed E-state index contributed by atoms with van der Waals surface area (Å²) in [7, 11) is 0. The Morgan fingerprint density at radius 1 is 1.07 bits per heavy atom. The van der Waals surface area contributed by atoms with E-state index in [1.165, 1.54) is 0 Å². The van der Waals surface area contributed by atoms with Crippen molar-refractivity contribution in [1.29, 1.82) is 0 Å². The maximum Gasteiger partial charge on any atom is 0.180 e. The monoisotopic (exact) mass is 423 g/mol. The van der Waals surface area contributed by atoms with E-state index in [2.05, 4.69) is 26.3 Å². The van der Waals surface area contributed by atoms with Crippen LogP contribution in [0.5, 0.6) is 0 Å². The first-order chi connectivity index (χ1) is 14.6. The smallest absolute Gasteiger partial charge is 0.180 e. The molecule has 1 atom stereocenters. The van der Waals surface area contributed by atoms with Crippen molar-refractivity contribution in [3.05, 3.63) is 70.5 Å². The van der Waals surface area contributed by atoms with Crippen LogP contribution in [0.2, 0.25) is 5.02 Å². The van der Waals surface area contributed by atoms with Crippen LogP contribution in [0.1, 0.15) is 22.9 Å². The number of halogens is 1. The average Bonchev–Trinajstić information content (AvgIpc) is 2.79. The number of benzene rings is 1.